The molecule has 3 heterocycles. The molecule has 2 saturated carbocycles. The summed E-state index contributed by atoms with van der Waals surface area (Å²) in [5, 5.41) is 12.6. The molecule has 0 amide bonds. The first kappa shape index (κ1) is 28.9. The number of epoxide rings is 1. The third-order valence-corrected chi connectivity index (χ3v) is 11.2. The number of Topliss-reactive ketones (excluding diaryl/α,β-unsaturated/α-hetero) is 1. The molecule has 2 aliphatic heterocycles. The second-order valence-corrected chi connectivity index (χ2v) is 13.6. The van der Waals surface area contributed by atoms with Gasteiger partial charge in [0.05, 0.1) is 37.9 Å². The maximum absolute atomic E-state index is 14.7. The van der Waals surface area contributed by atoms with Gasteiger partial charge in [-0.2, -0.15) is 0 Å². The zero-order valence-corrected chi connectivity index (χ0v) is 25.0. The van der Waals surface area contributed by atoms with Gasteiger partial charge < -0.3 is 28.5 Å². The molecule has 3 aliphatic carbocycles. The van der Waals surface area contributed by atoms with E-state index >= 15 is 0 Å². The molecule has 1 spiro atoms. The molecule has 4 fully saturated rings. The van der Waals surface area contributed by atoms with Crippen molar-refractivity contribution >= 4 is 23.7 Å². The molecule has 9 atom stereocenters. The van der Waals surface area contributed by atoms with Gasteiger partial charge in [0.2, 0.25) is 0 Å². The second kappa shape index (κ2) is 8.89. The zero-order chi connectivity index (χ0) is 30.6. The van der Waals surface area contributed by atoms with Gasteiger partial charge in [0.15, 0.2) is 11.4 Å². The maximum atomic E-state index is 14.7. The number of esters is 3. The molecule has 0 radical (unpaired) electrons. The van der Waals surface area contributed by atoms with Crippen molar-refractivity contribution in [3.05, 3.63) is 47.5 Å². The Kier molecular flexibility index (Phi) is 6.11. The van der Waals surface area contributed by atoms with Gasteiger partial charge in [-0.15, -0.1) is 0 Å². The molecule has 1 aromatic heterocycles. The number of allylic oxidation sites excluding steroid dienone is 2. The van der Waals surface area contributed by atoms with Crippen LogP contribution in [-0.4, -0.2) is 59.3 Å². The summed E-state index contributed by atoms with van der Waals surface area (Å²) in [7, 11) is 1.28. The van der Waals surface area contributed by atoms with Crippen LogP contribution in [0.4, 0.5) is 0 Å². The largest absolute Gasteiger partial charge is 0.472 e. The van der Waals surface area contributed by atoms with E-state index in [9.17, 15) is 24.3 Å². The molecule has 10 heteroatoms. The number of carbonyl (C=O) groups is 4. The fraction of sp³-hybridized carbons (Fsp3) is 0.625. The van der Waals surface area contributed by atoms with Gasteiger partial charge in [-0.25, -0.2) is 4.79 Å². The topological polar surface area (TPSA) is 142 Å². The predicted octanol–water partition coefficient (Wildman–Crippen LogP) is 3.78. The van der Waals surface area contributed by atoms with E-state index in [1.165, 1.54) is 13.4 Å². The van der Waals surface area contributed by atoms with E-state index in [4.69, 9.17) is 23.4 Å². The average Bonchev–Trinajstić information content (AvgIpc) is 3.44. The Balaban J connectivity index is 1.56. The molecule has 0 aromatic carbocycles. The Bertz CT molecular complexity index is 1440. The molecular formula is C32H38O10. The van der Waals surface area contributed by atoms with E-state index in [0.717, 1.165) is 0 Å². The number of ketones is 1. The van der Waals surface area contributed by atoms with E-state index < -0.39 is 81.3 Å². The van der Waals surface area contributed by atoms with Gasteiger partial charge in [-0.1, -0.05) is 32.9 Å². The van der Waals surface area contributed by atoms with E-state index in [-0.39, 0.29) is 12.8 Å². The average molecular weight is 583 g/mol. The number of rotatable bonds is 5. The Morgan fingerprint density at radius 1 is 1.19 bits per heavy atom. The Hall–Kier alpha value is -3.24. The van der Waals surface area contributed by atoms with Gasteiger partial charge in [-0.05, 0) is 44.7 Å². The molecule has 1 aromatic rings. The van der Waals surface area contributed by atoms with Crippen molar-refractivity contribution in [2.45, 2.75) is 90.3 Å². The summed E-state index contributed by atoms with van der Waals surface area (Å²) in [6.07, 6.45) is 3.89. The summed E-state index contributed by atoms with van der Waals surface area (Å²) in [5.74, 6) is -3.40. The highest BCUT2D eigenvalue weighted by molar-refractivity contribution is 6.02. The van der Waals surface area contributed by atoms with Crippen LogP contribution in [0.2, 0.25) is 0 Å². The number of cyclic esters (lactones) is 1. The lowest BCUT2D eigenvalue weighted by molar-refractivity contribution is -0.227. The van der Waals surface area contributed by atoms with E-state index in [1.54, 1.807) is 53.0 Å². The molecule has 226 valence electrons. The summed E-state index contributed by atoms with van der Waals surface area (Å²) in [5.41, 5.74) is -4.89. The first-order chi connectivity index (χ1) is 19.6. The summed E-state index contributed by atoms with van der Waals surface area (Å²) >= 11 is 0. The van der Waals surface area contributed by atoms with Crippen molar-refractivity contribution in [1.29, 1.82) is 0 Å². The van der Waals surface area contributed by atoms with Crippen molar-refractivity contribution in [2.24, 2.45) is 28.1 Å². The lowest BCUT2D eigenvalue weighted by atomic mass is 9.39. The summed E-state index contributed by atoms with van der Waals surface area (Å²) in [6, 6.07) is 1.76. The van der Waals surface area contributed by atoms with Gasteiger partial charge in [0.1, 0.15) is 23.9 Å². The third kappa shape index (κ3) is 3.33. The van der Waals surface area contributed by atoms with Crippen LogP contribution in [0.3, 0.4) is 0 Å². The number of hydrogen-bond donors (Lipinski definition) is 1. The van der Waals surface area contributed by atoms with Crippen LogP contribution in [0.25, 0.3) is 0 Å². The smallest absolute Gasteiger partial charge is 0.333 e. The lowest BCUT2D eigenvalue weighted by Gasteiger charge is -2.64. The standard InChI is InChI=1S/C32H38O10/c1-8-16(2)24(35)41-26-28(3,4)19(13-21(33)38-7)30(6)18-9-11-29(5)20(32(18)27(42-32)31(26,37)25(30)36)14-22(34)40-23(29)17-10-12-39-15-17/h8-10,12,15,19-20,23,26-27,37H,11,13-14H2,1-7H3/t19-,20+,23-,26-,27+,29+,30+,31-,32+/m0/s1. The van der Waals surface area contributed by atoms with Crippen molar-refractivity contribution in [1.82, 2.24) is 0 Å². The van der Waals surface area contributed by atoms with E-state index in [2.05, 4.69) is 0 Å². The van der Waals surface area contributed by atoms with Crippen LogP contribution < -0.4 is 0 Å². The molecule has 2 saturated heterocycles. The number of fused-ring (bicyclic) bond motifs is 5. The van der Waals surface area contributed by atoms with Crippen molar-refractivity contribution in [3.63, 3.8) is 0 Å². The molecule has 42 heavy (non-hydrogen) atoms. The first-order valence-corrected chi connectivity index (χ1v) is 14.4. The highest BCUT2D eigenvalue weighted by atomic mass is 16.6. The van der Waals surface area contributed by atoms with Crippen molar-refractivity contribution in [2.75, 3.05) is 7.11 Å². The fourth-order valence-corrected chi connectivity index (χ4v) is 9.03. The fourth-order valence-electron chi connectivity index (χ4n) is 9.03. The second-order valence-electron chi connectivity index (χ2n) is 13.6. The summed E-state index contributed by atoms with van der Waals surface area (Å²) in [6.45, 7) is 10.6. The van der Waals surface area contributed by atoms with Gasteiger partial charge >= 0.3 is 17.9 Å². The van der Waals surface area contributed by atoms with Crippen molar-refractivity contribution < 1.29 is 47.6 Å². The minimum Gasteiger partial charge on any atom is -0.472 e. The number of furan rings is 1. The molecule has 2 bridgehead atoms. The highest BCUT2D eigenvalue weighted by Crippen LogP contribution is 2.77. The predicted molar refractivity (Wildman–Crippen MR) is 145 cm³/mol. The highest BCUT2D eigenvalue weighted by Gasteiger charge is 2.89. The minimum absolute atomic E-state index is 0.00619. The first-order valence-electron chi connectivity index (χ1n) is 14.4. The maximum Gasteiger partial charge on any atom is 0.333 e. The van der Waals surface area contributed by atoms with E-state index in [1.807, 2.05) is 13.0 Å². The molecule has 1 N–H and O–H groups in total. The Morgan fingerprint density at radius 2 is 1.90 bits per heavy atom. The molecule has 10 nitrogen and oxygen atoms in total. The van der Waals surface area contributed by atoms with Crippen LogP contribution in [0, 0.1) is 28.1 Å². The lowest BCUT2D eigenvalue weighted by Crippen LogP contribution is -2.78. The van der Waals surface area contributed by atoms with Gasteiger partial charge in [0.25, 0.3) is 0 Å². The summed E-state index contributed by atoms with van der Waals surface area (Å²) < 4.78 is 28.8. The third-order valence-electron chi connectivity index (χ3n) is 11.2. The molecule has 0 unspecified atom stereocenters. The number of hydrogen-bond acceptors (Lipinski definition) is 10. The van der Waals surface area contributed by atoms with Crippen LogP contribution in [-0.2, 0) is 38.1 Å². The number of aliphatic hydroxyl groups is 1. The normalized spacial score (nSPS) is 43.2. The SMILES string of the molecule is CC=C(C)C(=O)O[C@H]1C(C)(C)[C@H](CC(=O)OC)[C@]2(C)C(=O)[C@@]1(O)[C@H]1O[C@@]13C2=CC[C@]1(C)[C@H]3CC(=O)O[C@H]1c1ccoc1. The zero-order valence-electron chi connectivity index (χ0n) is 25.0. The Morgan fingerprint density at radius 3 is 2.52 bits per heavy atom. The van der Waals surface area contributed by atoms with Crippen LogP contribution >= 0.6 is 0 Å². The summed E-state index contributed by atoms with van der Waals surface area (Å²) in [4.78, 5) is 53.8. The van der Waals surface area contributed by atoms with E-state index in [0.29, 0.717) is 23.1 Å². The van der Waals surface area contributed by atoms with Crippen molar-refractivity contribution in [3.8, 4) is 0 Å². The van der Waals surface area contributed by atoms with Gasteiger partial charge in [0, 0.05) is 27.9 Å². The van der Waals surface area contributed by atoms with Crippen LogP contribution in [0.15, 0.2) is 46.3 Å². The van der Waals surface area contributed by atoms with Crippen LogP contribution in [0.5, 0.6) is 0 Å². The van der Waals surface area contributed by atoms with Gasteiger partial charge in [-0.3, -0.25) is 14.4 Å². The number of methoxy groups -OCH3 is 1. The van der Waals surface area contributed by atoms with Crippen LogP contribution in [0.1, 0.15) is 72.5 Å². The minimum atomic E-state index is -2.24. The number of ether oxygens (including phenoxy) is 4. The monoisotopic (exact) mass is 582 g/mol. The molecule has 6 rings (SSSR count). The Labute approximate surface area is 244 Å². The quantitative estimate of drug-likeness (QED) is 0.179. The molecule has 5 aliphatic rings. The number of carbonyl (C=O) groups excluding carboxylic acids is 4. The molecular weight excluding hydrogens is 544 g/mol.